The van der Waals surface area contributed by atoms with Crippen LogP contribution in [-0.4, -0.2) is 38.8 Å². The Labute approximate surface area is 133 Å². The molecule has 1 fully saturated rings. The molecule has 0 radical (unpaired) electrons. The lowest BCUT2D eigenvalue weighted by atomic mass is 10.1. The number of nitrogens with one attached hydrogen (secondary N) is 1. The van der Waals surface area contributed by atoms with Gasteiger partial charge < -0.3 is 10.1 Å². The number of thioether (sulfide) groups is 1. The Kier molecular flexibility index (Phi) is 4.60. The van der Waals surface area contributed by atoms with Gasteiger partial charge in [-0.2, -0.15) is 0 Å². The largest absolute Gasteiger partial charge is 0.425 e. The van der Waals surface area contributed by atoms with Gasteiger partial charge in [0.15, 0.2) is 0 Å². The quantitative estimate of drug-likeness (QED) is 0.895. The second kappa shape index (κ2) is 6.12. The van der Waals surface area contributed by atoms with Crippen LogP contribution in [0.2, 0.25) is 0 Å². The van der Waals surface area contributed by atoms with E-state index in [2.05, 4.69) is 15.3 Å². The van der Waals surface area contributed by atoms with E-state index in [1.165, 1.54) is 16.7 Å². The molecule has 1 unspecified atom stereocenters. The summed E-state index contributed by atoms with van der Waals surface area (Å²) in [5.74, 6) is 0.381. The van der Waals surface area contributed by atoms with Crippen molar-refractivity contribution in [2.75, 3.05) is 10.8 Å². The fraction of sp³-hybridized carbons (Fsp3) is 0.571. The number of rotatable bonds is 2. The number of ether oxygens (including phenoxy) is 1. The summed E-state index contributed by atoms with van der Waals surface area (Å²) < 4.78 is 5.18. The lowest BCUT2D eigenvalue weighted by Crippen LogP contribution is -2.43. The standard InChI is InChI=1S/C14H20N4O3S/c1-8-6-9(2)16-12(15-8)18-7-22-11(10(18)19)21-13(20)17-14(3,4)5/h6,11H,7H2,1-5H3,(H,17,20). The number of nitrogens with zero attached hydrogens (tertiary/aromatic N) is 3. The van der Waals surface area contributed by atoms with Crippen molar-refractivity contribution < 1.29 is 14.3 Å². The minimum Gasteiger partial charge on any atom is -0.425 e. The molecule has 2 heterocycles. The molecule has 8 heteroatoms. The summed E-state index contributed by atoms with van der Waals surface area (Å²) in [7, 11) is 0. The number of alkyl carbamates (subject to hydrolysis) is 1. The van der Waals surface area contributed by atoms with Crippen LogP contribution in [0.5, 0.6) is 0 Å². The number of aromatic nitrogens is 2. The number of carbonyl (C=O) groups excluding carboxylic acids is 2. The van der Waals surface area contributed by atoms with Gasteiger partial charge in [-0.05, 0) is 40.7 Å². The highest BCUT2D eigenvalue weighted by molar-refractivity contribution is 8.01. The smallest absolute Gasteiger partial charge is 0.409 e. The lowest BCUT2D eigenvalue weighted by molar-refractivity contribution is -0.122. The van der Waals surface area contributed by atoms with Crippen molar-refractivity contribution in [2.45, 2.75) is 45.6 Å². The molecule has 1 saturated heterocycles. The second-order valence-electron chi connectivity index (χ2n) is 6.12. The molecular formula is C14H20N4O3S. The molecule has 0 bridgehead atoms. The van der Waals surface area contributed by atoms with Gasteiger partial charge in [-0.3, -0.25) is 9.69 Å². The first kappa shape index (κ1) is 16.5. The second-order valence-corrected chi connectivity index (χ2v) is 7.14. The molecule has 1 N–H and O–H groups in total. The van der Waals surface area contributed by atoms with Gasteiger partial charge in [0.05, 0.1) is 5.88 Å². The molecule has 2 rings (SSSR count). The van der Waals surface area contributed by atoms with Crippen LogP contribution < -0.4 is 10.2 Å². The minimum atomic E-state index is -0.869. The van der Waals surface area contributed by atoms with E-state index in [0.29, 0.717) is 11.8 Å². The van der Waals surface area contributed by atoms with Crippen LogP contribution >= 0.6 is 11.8 Å². The van der Waals surface area contributed by atoms with Gasteiger partial charge in [0.25, 0.3) is 5.91 Å². The summed E-state index contributed by atoms with van der Waals surface area (Å²) >= 11 is 1.23. The summed E-state index contributed by atoms with van der Waals surface area (Å²) in [6.45, 7) is 9.21. The number of carbonyl (C=O) groups is 2. The highest BCUT2D eigenvalue weighted by Crippen LogP contribution is 2.28. The SMILES string of the molecule is Cc1cc(C)nc(N2CSC(OC(=O)NC(C)(C)C)C2=O)n1. The zero-order valence-electron chi connectivity index (χ0n) is 13.3. The summed E-state index contributed by atoms with van der Waals surface area (Å²) in [5.41, 5.74) is 0.289. The molecular weight excluding hydrogens is 304 g/mol. The van der Waals surface area contributed by atoms with Crippen LogP contribution in [0.4, 0.5) is 10.7 Å². The molecule has 1 aromatic heterocycles. The van der Waals surface area contributed by atoms with E-state index in [1.807, 2.05) is 40.7 Å². The first-order valence-electron chi connectivity index (χ1n) is 6.90. The maximum atomic E-state index is 12.3. The van der Waals surface area contributed by atoms with Crippen molar-refractivity contribution in [3.05, 3.63) is 17.5 Å². The number of anilines is 1. The van der Waals surface area contributed by atoms with Gasteiger partial charge in [0, 0.05) is 16.9 Å². The van der Waals surface area contributed by atoms with Gasteiger partial charge in [0.2, 0.25) is 11.4 Å². The van der Waals surface area contributed by atoms with E-state index in [4.69, 9.17) is 4.74 Å². The van der Waals surface area contributed by atoms with Crippen LogP contribution in [0.3, 0.4) is 0 Å². The maximum absolute atomic E-state index is 12.3. The maximum Gasteiger partial charge on any atom is 0.409 e. The third-order valence-electron chi connectivity index (χ3n) is 2.73. The first-order valence-corrected chi connectivity index (χ1v) is 7.95. The molecule has 2 amide bonds. The van der Waals surface area contributed by atoms with Gasteiger partial charge in [-0.25, -0.2) is 14.8 Å². The number of aryl methyl sites for hydroxylation is 2. The molecule has 1 atom stereocenters. The van der Waals surface area contributed by atoms with Crippen LogP contribution in [0, 0.1) is 13.8 Å². The Morgan fingerprint density at radius 1 is 1.36 bits per heavy atom. The van der Waals surface area contributed by atoms with Gasteiger partial charge in [-0.1, -0.05) is 11.8 Å². The topological polar surface area (TPSA) is 84.4 Å². The average Bonchev–Trinajstić information content (AvgIpc) is 2.67. The predicted molar refractivity (Wildman–Crippen MR) is 84.6 cm³/mol. The Bertz CT molecular complexity index is 580. The van der Waals surface area contributed by atoms with Crippen molar-refractivity contribution >= 4 is 29.7 Å². The zero-order valence-corrected chi connectivity index (χ0v) is 14.2. The molecule has 0 aliphatic carbocycles. The third-order valence-corrected chi connectivity index (χ3v) is 3.73. The van der Waals surface area contributed by atoms with E-state index in [9.17, 15) is 9.59 Å². The van der Waals surface area contributed by atoms with E-state index in [0.717, 1.165) is 11.4 Å². The highest BCUT2D eigenvalue weighted by Gasteiger charge is 2.38. The molecule has 22 heavy (non-hydrogen) atoms. The van der Waals surface area contributed by atoms with Gasteiger partial charge in [-0.15, -0.1) is 0 Å². The fourth-order valence-electron chi connectivity index (χ4n) is 1.91. The minimum absolute atomic E-state index is 0.320. The molecule has 1 aromatic rings. The summed E-state index contributed by atoms with van der Waals surface area (Å²) in [6, 6.07) is 1.84. The van der Waals surface area contributed by atoms with Crippen LogP contribution in [0.25, 0.3) is 0 Å². The predicted octanol–water partition coefficient (Wildman–Crippen LogP) is 1.98. The van der Waals surface area contributed by atoms with E-state index >= 15 is 0 Å². The molecule has 1 aliphatic heterocycles. The molecule has 120 valence electrons. The molecule has 0 saturated carbocycles. The molecule has 0 spiro atoms. The number of hydrogen-bond donors (Lipinski definition) is 1. The highest BCUT2D eigenvalue weighted by atomic mass is 32.2. The lowest BCUT2D eigenvalue weighted by Gasteiger charge is -2.21. The monoisotopic (exact) mass is 324 g/mol. The first-order chi connectivity index (χ1) is 10.2. The van der Waals surface area contributed by atoms with Gasteiger partial charge in [0.1, 0.15) is 0 Å². The van der Waals surface area contributed by atoms with E-state index < -0.39 is 17.1 Å². The van der Waals surface area contributed by atoms with Crippen molar-refractivity contribution in [2.24, 2.45) is 0 Å². The molecule has 1 aliphatic rings. The van der Waals surface area contributed by atoms with Crippen molar-refractivity contribution in [1.29, 1.82) is 0 Å². The fourth-order valence-corrected chi connectivity index (χ4v) is 2.86. The normalized spacial score (nSPS) is 18.5. The summed E-state index contributed by atoms with van der Waals surface area (Å²) in [6.07, 6.45) is -0.610. The Hall–Kier alpha value is -1.83. The number of amides is 2. The average molecular weight is 324 g/mol. The zero-order chi connectivity index (χ0) is 16.5. The Balaban J connectivity index is 2.05. The van der Waals surface area contributed by atoms with Gasteiger partial charge >= 0.3 is 6.09 Å². The van der Waals surface area contributed by atoms with E-state index in [1.54, 1.807) is 0 Å². The van der Waals surface area contributed by atoms with Crippen molar-refractivity contribution in [3.63, 3.8) is 0 Å². The summed E-state index contributed by atoms with van der Waals surface area (Å²) in [5, 5.41) is 2.66. The third kappa shape index (κ3) is 4.09. The van der Waals surface area contributed by atoms with Crippen molar-refractivity contribution in [3.8, 4) is 0 Å². The van der Waals surface area contributed by atoms with Crippen LogP contribution in [0.15, 0.2) is 6.07 Å². The summed E-state index contributed by atoms with van der Waals surface area (Å²) in [4.78, 5) is 34.1. The molecule has 0 aromatic carbocycles. The van der Waals surface area contributed by atoms with Crippen LogP contribution in [0.1, 0.15) is 32.2 Å². The van der Waals surface area contributed by atoms with Crippen molar-refractivity contribution in [1.82, 2.24) is 15.3 Å². The Morgan fingerprint density at radius 3 is 2.50 bits per heavy atom. The van der Waals surface area contributed by atoms with Crippen LogP contribution in [-0.2, 0) is 9.53 Å². The molecule has 7 nitrogen and oxygen atoms in total. The Morgan fingerprint density at radius 2 is 1.95 bits per heavy atom. The van der Waals surface area contributed by atoms with E-state index in [-0.39, 0.29) is 5.91 Å². The number of hydrogen-bond acceptors (Lipinski definition) is 6.